The highest BCUT2D eigenvalue weighted by Crippen LogP contribution is 2.55. The number of likely N-dealkylation sites (tertiary alicyclic amines) is 2. The molecule has 6 aromatic carbocycles. The third-order valence-corrected chi connectivity index (χ3v) is 19.5. The quantitative estimate of drug-likeness (QED) is 0.0465. The molecule has 548 valence electrons. The first-order chi connectivity index (χ1) is 48.0. The van der Waals surface area contributed by atoms with Crippen molar-refractivity contribution in [2.75, 3.05) is 21.3 Å². The molecule has 103 heavy (non-hydrogen) atoms. The molecule has 4 aliphatic rings. The van der Waals surface area contributed by atoms with E-state index in [1.807, 2.05) is 135 Å². The van der Waals surface area contributed by atoms with Crippen molar-refractivity contribution < 1.29 is 57.2 Å². The molecule has 10 rings (SSSR count). The summed E-state index contributed by atoms with van der Waals surface area (Å²) in [7, 11) is 4.77. The zero-order valence-corrected chi connectivity index (χ0v) is 64.3. The molecular weight excluding hydrogens is 1430 g/mol. The van der Waals surface area contributed by atoms with Crippen molar-refractivity contribution in [1.29, 1.82) is 0 Å². The number of methoxy groups -OCH3 is 3. The van der Waals surface area contributed by atoms with E-state index in [0.29, 0.717) is 47.4 Å². The monoisotopic (exact) mass is 1520 g/mol. The van der Waals surface area contributed by atoms with Crippen LogP contribution in [0.3, 0.4) is 0 Å². The predicted octanol–water partition coefficient (Wildman–Crippen LogP) is 21.7. The molecule has 0 N–H and O–H groups in total. The van der Waals surface area contributed by atoms with Gasteiger partial charge in [-0.2, -0.15) is 0 Å². The Balaban J connectivity index is 0.000000215. The van der Waals surface area contributed by atoms with Crippen molar-refractivity contribution >= 4 is 118 Å². The van der Waals surface area contributed by atoms with Crippen LogP contribution in [0.25, 0.3) is 12.2 Å². The second-order valence-corrected chi connectivity index (χ2v) is 30.8. The van der Waals surface area contributed by atoms with Crippen LogP contribution in [0.15, 0.2) is 176 Å². The number of benzene rings is 6. The van der Waals surface area contributed by atoms with Gasteiger partial charge in [-0.25, -0.2) is 29.1 Å². The number of hydrogen-bond acceptors (Lipinski definition) is 12. The van der Waals surface area contributed by atoms with E-state index in [2.05, 4.69) is 0 Å². The zero-order chi connectivity index (χ0) is 74.9. The Morgan fingerprint density at radius 2 is 0.845 bits per heavy atom. The summed E-state index contributed by atoms with van der Waals surface area (Å²) in [4.78, 5) is 82.2. The second-order valence-electron chi connectivity index (χ2n) is 28.3. The van der Waals surface area contributed by atoms with Crippen LogP contribution in [0, 0.1) is 23.7 Å². The van der Waals surface area contributed by atoms with Gasteiger partial charge in [0.15, 0.2) is 0 Å². The number of carbonyl (C=O) groups is 6. The summed E-state index contributed by atoms with van der Waals surface area (Å²) in [6, 6.07) is 37.9. The van der Waals surface area contributed by atoms with Crippen LogP contribution < -0.4 is 14.2 Å². The van der Waals surface area contributed by atoms with Gasteiger partial charge >= 0.3 is 18.3 Å². The molecule has 21 heteroatoms. The van der Waals surface area contributed by atoms with Crippen molar-refractivity contribution in [1.82, 2.24) is 14.7 Å². The van der Waals surface area contributed by atoms with Crippen LogP contribution in [0.5, 0.6) is 17.2 Å². The highest BCUT2D eigenvalue weighted by Gasteiger charge is 2.57. The molecule has 2 fully saturated rings. The first-order valence-corrected chi connectivity index (χ1v) is 35.6. The summed E-state index contributed by atoms with van der Waals surface area (Å²) in [5.74, 6) is -0.572. The summed E-state index contributed by atoms with van der Waals surface area (Å²) < 4.78 is 32.4. The maximum Gasteiger partial charge on any atom is 0.417 e. The number of imide groups is 3. The SMILES string of the molecule is C.COc1ccc(/C=C/C=C/C(=O)N(C(=O)OC(C)(C)C)[C@H](C)/C=C\c2ccc(Cl)cc2)c(Cl)c1.COc1ccc([C@@H]2C=C[C@@H]3C(=O)N(C(=O)OC(C)(C)C)[C@H](C)[C@H]3[C@H]2c2ccc(Cl)cc2)c(Cl)c1.COc1ccc([C@H]2C=C[C@H]3C(=O)N(C(=O)OC(C)(C)C)[C@H](C)[C@H]3[C@H]2c2ccc(Cl)cc2)c(Cl)c1. The largest absolute Gasteiger partial charge is 0.497 e. The van der Waals surface area contributed by atoms with Crippen LogP contribution in [0.1, 0.15) is 148 Å². The molecule has 11 atom stereocenters. The fraction of sp³-hybridized carbons (Fsp3) is 0.366. The third kappa shape index (κ3) is 20.7. The molecule has 0 saturated carbocycles. The first-order valence-electron chi connectivity index (χ1n) is 33.4. The number of nitrogens with zero attached hydrogens (tertiary/aromatic N) is 3. The number of carbonyl (C=O) groups excluding carboxylic acids is 6. The average molecular weight is 1520 g/mol. The van der Waals surface area contributed by atoms with Crippen molar-refractivity contribution in [2.24, 2.45) is 23.7 Å². The Labute approximate surface area is 636 Å². The maximum absolute atomic E-state index is 13.4. The Bertz CT molecular complexity index is 3990. The number of allylic oxidation sites excluding steroid dienone is 4. The van der Waals surface area contributed by atoms with E-state index < -0.39 is 58.9 Å². The molecule has 2 heterocycles. The number of ether oxygens (including phenoxy) is 6. The number of fused-ring (bicyclic) bond motifs is 2. The van der Waals surface area contributed by atoms with Crippen molar-refractivity contribution in [2.45, 2.75) is 149 Å². The minimum Gasteiger partial charge on any atom is -0.497 e. The van der Waals surface area contributed by atoms with Gasteiger partial charge in [-0.3, -0.25) is 14.4 Å². The van der Waals surface area contributed by atoms with E-state index in [9.17, 15) is 28.8 Å². The van der Waals surface area contributed by atoms with Gasteiger partial charge in [-0.1, -0.05) is 180 Å². The molecule has 0 unspecified atom stereocenters. The lowest BCUT2D eigenvalue weighted by molar-refractivity contribution is -0.131. The van der Waals surface area contributed by atoms with Crippen LogP contribution in [0.2, 0.25) is 30.1 Å². The molecule has 2 saturated heterocycles. The Morgan fingerprint density at radius 3 is 1.21 bits per heavy atom. The smallest absolute Gasteiger partial charge is 0.417 e. The van der Waals surface area contributed by atoms with Gasteiger partial charge in [0.1, 0.15) is 34.1 Å². The van der Waals surface area contributed by atoms with Crippen molar-refractivity contribution in [3.63, 3.8) is 0 Å². The van der Waals surface area contributed by atoms with Gasteiger partial charge in [0.2, 0.25) is 11.8 Å². The lowest BCUT2D eigenvalue weighted by Crippen LogP contribution is -2.44. The molecule has 0 aromatic heterocycles. The molecular formula is C82H91Cl6N3O12. The molecule has 6 amide bonds. The topological polar surface area (TPSA) is 168 Å². The fourth-order valence-electron chi connectivity index (χ4n) is 13.3. The molecule has 2 aliphatic heterocycles. The molecule has 6 aromatic rings. The second kappa shape index (κ2) is 35.2. The highest BCUT2D eigenvalue weighted by molar-refractivity contribution is 6.33. The van der Waals surface area contributed by atoms with Crippen LogP contribution >= 0.6 is 69.6 Å². The Kier molecular flexibility index (Phi) is 28.1. The minimum atomic E-state index is -0.746. The lowest BCUT2D eigenvalue weighted by atomic mass is 9.65. The summed E-state index contributed by atoms with van der Waals surface area (Å²) in [5.41, 5.74) is 3.46. The molecule has 0 bridgehead atoms. The predicted molar refractivity (Wildman–Crippen MR) is 413 cm³/mol. The molecule has 0 radical (unpaired) electrons. The van der Waals surface area contributed by atoms with E-state index in [1.165, 1.54) is 15.9 Å². The van der Waals surface area contributed by atoms with Gasteiger partial charge in [0.05, 0.1) is 44.2 Å². The summed E-state index contributed by atoms with van der Waals surface area (Å²) in [5, 5.41) is 3.60. The Morgan fingerprint density at radius 1 is 0.476 bits per heavy atom. The van der Waals surface area contributed by atoms with E-state index in [-0.39, 0.29) is 66.8 Å². The maximum atomic E-state index is 13.4. The summed E-state index contributed by atoms with van der Waals surface area (Å²) in [6.45, 7) is 21.6. The van der Waals surface area contributed by atoms with E-state index in [1.54, 1.807) is 151 Å². The number of halogens is 6. The Hall–Kier alpha value is -8.02. The molecule has 2 aliphatic carbocycles. The van der Waals surface area contributed by atoms with Crippen molar-refractivity contribution in [3.8, 4) is 17.2 Å². The fourth-order valence-corrected chi connectivity index (χ4v) is 14.5. The van der Waals surface area contributed by atoms with Gasteiger partial charge in [-0.05, 0) is 195 Å². The number of rotatable bonds is 13. The standard InChI is InChI=1S/3C27H29Cl2NO4.CH4/c2*1-15-23-21(25(31)30(15)26(32)34-27(2,3)4)13-12-20(19-11-10-18(33-5)14-22(19)29)24(23)16-6-8-17(28)9-7-16;1-19(10-11-20-12-15-22(28)16-13-20)30(26(32)34-27(2,3)4)25(31)9-7-6-8-21-14-17-23(33-5)18-24(21)29;/h2*6-15,20-21,23-24H,1-5H3;6-19H,1-5H3;1H4/b;;8-6+,9-7+,11-10-;/t15-,20+,21+,23-,24+;15-,20-,21-,23-,24+;19-;/m111./s1. The zero-order valence-electron chi connectivity index (χ0n) is 59.8. The van der Waals surface area contributed by atoms with E-state index in [0.717, 1.165) is 38.3 Å². The normalized spacial score (nSPS) is 21.7. The van der Waals surface area contributed by atoms with Gasteiger partial charge < -0.3 is 28.4 Å². The van der Waals surface area contributed by atoms with Crippen LogP contribution in [-0.2, 0) is 28.6 Å². The summed E-state index contributed by atoms with van der Waals surface area (Å²) >= 11 is 37.9. The van der Waals surface area contributed by atoms with E-state index >= 15 is 0 Å². The van der Waals surface area contributed by atoms with Gasteiger partial charge in [-0.15, -0.1) is 0 Å². The highest BCUT2D eigenvalue weighted by atomic mass is 35.5. The number of amides is 6. The first kappa shape index (κ1) is 82.3. The van der Waals surface area contributed by atoms with E-state index in [4.69, 9.17) is 98.0 Å². The van der Waals surface area contributed by atoms with Gasteiger partial charge in [0.25, 0.3) is 5.91 Å². The molecule has 0 spiro atoms. The van der Waals surface area contributed by atoms with Gasteiger partial charge in [0, 0.05) is 78.8 Å². The van der Waals surface area contributed by atoms with Crippen LogP contribution in [-0.4, -0.2) is 107 Å². The minimum absolute atomic E-state index is 0. The van der Waals surface area contributed by atoms with Crippen molar-refractivity contribution in [3.05, 3.63) is 240 Å². The lowest BCUT2D eigenvalue weighted by Gasteiger charge is -2.38. The third-order valence-electron chi connectivity index (χ3n) is 17.8. The number of hydrogen-bond donors (Lipinski definition) is 0. The molecule has 15 nitrogen and oxygen atoms in total. The average Bonchev–Trinajstić information content (AvgIpc) is 1.60. The summed E-state index contributed by atoms with van der Waals surface area (Å²) in [6.07, 6.45) is 15.8. The van der Waals surface area contributed by atoms with Crippen LogP contribution in [0.4, 0.5) is 14.4 Å².